The Bertz CT molecular complexity index is 1120. The predicted octanol–water partition coefficient (Wildman–Crippen LogP) is 2.78. The highest BCUT2D eigenvalue weighted by Crippen LogP contribution is 2.34. The number of nitrogens with two attached hydrogens (primary N) is 1. The van der Waals surface area contributed by atoms with Crippen LogP contribution in [0.3, 0.4) is 0 Å². The third kappa shape index (κ3) is 5.87. The molecule has 10 heteroatoms. The predicted molar refractivity (Wildman–Crippen MR) is 137 cm³/mol. The third-order valence-corrected chi connectivity index (χ3v) is 6.79. The number of nitrogen functional groups attached to an aromatic ring is 1. The minimum absolute atomic E-state index is 0.245. The number of aromatic nitrogens is 6. The Morgan fingerprint density at radius 3 is 2.46 bits per heavy atom. The molecule has 0 aromatic carbocycles. The van der Waals surface area contributed by atoms with Crippen LogP contribution in [0.25, 0.3) is 22.6 Å². The van der Waals surface area contributed by atoms with E-state index in [-0.39, 0.29) is 5.95 Å². The van der Waals surface area contributed by atoms with Gasteiger partial charge in [-0.05, 0) is 52.2 Å². The molecule has 0 atom stereocenters. The van der Waals surface area contributed by atoms with Crippen molar-refractivity contribution in [1.29, 1.82) is 0 Å². The molecule has 1 aliphatic heterocycles. The summed E-state index contributed by atoms with van der Waals surface area (Å²) in [7, 11) is 4.27. The number of aryl methyl sites for hydroxylation is 1. The van der Waals surface area contributed by atoms with Gasteiger partial charge in [-0.3, -0.25) is 0 Å². The first-order valence-corrected chi connectivity index (χ1v) is 12.9. The standard InChI is InChI=1S/C25H37N9O/c1-32(2)10-6-4-3-5-7-20-29-21-23(33-11-13-35-14-12-33)30-22(19-15-27-25(26)28-16-19)31-24(21)34(20)17-18-8-9-18/h15-16,18H,3-14,17H2,1-2H3,(H2,26,27,28). The summed E-state index contributed by atoms with van der Waals surface area (Å²) < 4.78 is 7.96. The number of nitrogens with zero attached hydrogens (tertiary/aromatic N) is 8. The van der Waals surface area contributed by atoms with Crippen molar-refractivity contribution < 1.29 is 4.74 Å². The maximum absolute atomic E-state index is 5.72. The fraction of sp³-hybridized carbons (Fsp3) is 0.640. The molecule has 2 fully saturated rings. The van der Waals surface area contributed by atoms with E-state index in [4.69, 9.17) is 25.4 Å². The summed E-state index contributed by atoms with van der Waals surface area (Å²) in [5, 5.41) is 0. The summed E-state index contributed by atoms with van der Waals surface area (Å²) in [6.07, 6.45) is 11.8. The van der Waals surface area contributed by atoms with Crippen LogP contribution in [0.5, 0.6) is 0 Å². The molecule has 2 aliphatic rings. The number of fused-ring (bicyclic) bond motifs is 1. The van der Waals surface area contributed by atoms with Gasteiger partial charge in [0.25, 0.3) is 0 Å². The van der Waals surface area contributed by atoms with E-state index in [2.05, 4.69) is 38.4 Å². The van der Waals surface area contributed by atoms with Gasteiger partial charge in [0, 0.05) is 38.4 Å². The molecule has 0 unspecified atom stereocenters. The Morgan fingerprint density at radius 1 is 1.00 bits per heavy atom. The lowest BCUT2D eigenvalue weighted by Gasteiger charge is -2.28. The van der Waals surface area contributed by atoms with Crippen LogP contribution >= 0.6 is 0 Å². The number of ether oxygens (including phenoxy) is 1. The van der Waals surface area contributed by atoms with Crippen molar-refractivity contribution in [1.82, 2.24) is 34.4 Å². The van der Waals surface area contributed by atoms with Gasteiger partial charge in [0.15, 0.2) is 22.8 Å². The molecule has 1 saturated carbocycles. The number of imidazole rings is 1. The van der Waals surface area contributed by atoms with Crippen LogP contribution in [0.4, 0.5) is 11.8 Å². The maximum atomic E-state index is 5.72. The SMILES string of the molecule is CN(C)CCCCCCc1nc2c(N3CCOCC3)nc(-c3cnc(N)nc3)nc2n1CC1CC1. The Labute approximate surface area is 206 Å². The van der Waals surface area contributed by atoms with Gasteiger partial charge in [-0.15, -0.1) is 0 Å². The largest absolute Gasteiger partial charge is 0.378 e. The van der Waals surface area contributed by atoms with Crippen LogP contribution in [-0.4, -0.2) is 81.3 Å². The fourth-order valence-electron chi connectivity index (χ4n) is 4.62. The van der Waals surface area contributed by atoms with Crippen LogP contribution in [0.2, 0.25) is 0 Å². The van der Waals surface area contributed by atoms with E-state index in [1.165, 1.54) is 32.1 Å². The fourth-order valence-corrected chi connectivity index (χ4v) is 4.62. The number of rotatable bonds is 11. The molecule has 35 heavy (non-hydrogen) atoms. The van der Waals surface area contributed by atoms with E-state index in [0.717, 1.165) is 73.3 Å². The van der Waals surface area contributed by atoms with Crippen LogP contribution in [-0.2, 0) is 17.7 Å². The van der Waals surface area contributed by atoms with Gasteiger partial charge in [0.2, 0.25) is 5.95 Å². The van der Waals surface area contributed by atoms with Gasteiger partial charge >= 0.3 is 0 Å². The highest BCUT2D eigenvalue weighted by Gasteiger charge is 2.28. The molecule has 0 radical (unpaired) electrons. The van der Waals surface area contributed by atoms with Crippen LogP contribution in [0, 0.1) is 5.92 Å². The van der Waals surface area contributed by atoms with Crippen molar-refractivity contribution >= 4 is 22.9 Å². The molecule has 1 saturated heterocycles. The third-order valence-electron chi connectivity index (χ3n) is 6.79. The summed E-state index contributed by atoms with van der Waals surface area (Å²) in [4.78, 5) is 28.0. The first-order valence-electron chi connectivity index (χ1n) is 12.9. The molecule has 3 aromatic rings. The molecule has 4 heterocycles. The molecule has 1 aliphatic carbocycles. The van der Waals surface area contributed by atoms with Gasteiger partial charge < -0.3 is 24.8 Å². The van der Waals surface area contributed by atoms with E-state index < -0.39 is 0 Å². The summed E-state index contributed by atoms with van der Waals surface area (Å²) in [5.74, 6) is 3.60. The number of hydrogen-bond acceptors (Lipinski definition) is 9. The molecule has 3 aromatic heterocycles. The van der Waals surface area contributed by atoms with Crippen LogP contribution in [0.15, 0.2) is 12.4 Å². The Kier molecular flexibility index (Phi) is 7.38. The zero-order valence-electron chi connectivity index (χ0n) is 21.0. The smallest absolute Gasteiger partial charge is 0.219 e. The zero-order chi connectivity index (χ0) is 24.2. The molecule has 188 valence electrons. The minimum Gasteiger partial charge on any atom is -0.378 e. The molecular formula is C25H37N9O. The number of unbranched alkanes of at least 4 members (excludes halogenated alkanes) is 3. The van der Waals surface area contributed by atoms with Crippen LogP contribution in [0.1, 0.15) is 44.3 Å². The van der Waals surface area contributed by atoms with E-state index in [1.54, 1.807) is 12.4 Å². The first-order chi connectivity index (χ1) is 17.1. The quantitative estimate of drug-likeness (QED) is 0.415. The Morgan fingerprint density at radius 2 is 1.74 bits per heavy atom. The van der Waals surface area contributed by atoms with Gasteiger partial charge in [-0.1, -0.05) is 12.8 Å². The van der Waals surface area contributed by atoms with Crippen molar-refractivity contribution in [2.24, 2.45) is 5.92 Å². The lowest BCUT2D eigenvalue weighted by Crippen LogP contribution is -2.37. The monoisotopic (exact) mass is 479 g/mol. The van der Waals surface area contributed by atoms with E-state index in [9.17, 15) is 0 Å². The molecule has 0 bridgehead atoms. The number of morpholine rings is 1. The highest BCUT2D eigenvalue weighted by molar-refractivity contribution is 5.86. The van der Waals surface area contributed by atoms with Gasteiger partial charge in [0.1, 0.15) is 5.82 Å². The number of hydrogen-bond donors (Lipinski definition) is 1. The summed E-state index contributed by atoms with van der Waals surface area (Å²) >= 11 is 0. The normalized spacial score (nSPS) is 16.5. The van der Waals surface area contributed by atoms with Crippen LogP contribution < -0.4 is 10.6 Å². The molecule has 0 amide bonds. The maximum Gasteiger partial charge on any atom is 0.219 e. The lowest BCUT2D eigenvalue weighted by molar-refractivity contribution is 0.122. The summed E-state index contributed by atoms with van der Waals surface area (Å²) in [6, 6.07) is 0. The van der Waals surface area contributed by atoms with Crippen molar-refractivity contribution in [2.75, 3.05) is 57.6 Å². The van der Waals surface area contributed by atoms with Crippen molar-refractivity contribution in [3.05, 3.63) is 18.2 Å². The van der Waals surface area contributed by atoms with E-state index in [0.29, 0.717) is 19.0 Å². The first kappa shape index (κ1) is 23.9. The zero-order valence-corrected chi connectivity index (χ0v) is 21.0. The molecule has 0 spiro atoms. The lowest BCUT2D eigenvalue weighted by atomic mass is 10.1. The van der Waals surface area contributed by atoms with Gasteiger partial charge in [0.05, 0.1) is 18.8 Å². The van der Waals surface area contributed by atoms with Gasteiger partial charge in [-0.2, -0.15) is 0 Å². The average molecular weight is 480 g/mol. The Balaban J connectivity index is 1.48. The van der Waals surface area contributed by atoms with Crippen molar-refractivity contribution in [2.45, 2.75) is 51.5 Å². The minimum atomic E-state index is 0.245. The molecular weight excluding hydrogens is 442 g/mol. The summed E-state index contributed by atoms with van der Waals surface area (Å²) in [5.41, 5.74) is 8.30. The summed E-state index contributed by atoms with van der Waals surface area (Å²) in [6.45, 7) is 5.09. The van der Waals surface area contributed by atoms with Crippen molar-refractivity contribution in [3.63, 3.8) is 0 Å². The second-order valence-electron chi connectivity index (χ2n) is 10.0. The topological polar surface area (TPSA) is 111 Å². The van der Waals surface area contributed by atoms with E-state index >= 15 is 0 Å². The molecule has 2 N–H and O–H groups in total. The second kappa shape index (κ2) is 10.8. The number of anilines is 2. The van der Waals surface area contributed by atoms with Gasteiger partial charge in [-0.25, -0.2) is 24.9 Å². The molecule has 5 rings (SSSR count). The second-order valence-corrected chi connectivity index (χ2v) is 10.0. The van der Waals surface area contributed by atoms with Crippen molar-refractivity contribution in [3.8, 4) is 11.4 Å². The Hall–Kier alpha value is -2.85. The van der Waals surface area contributed by atoms with E-state index in [1.807, 2.05) is 0 Å². The molecule has 10 nitrogen and oxygen atoms in total. The average Bonchev–Trinajstić information content (AvgIpc) is 3.62. The highest BCUT2D eigenvalue weighted by atomic mass is 16.5.